The van der Waals surface area contributed by atoms with E-state index in [0.717, 1.165) is 12.5 Å². The minimum Gasteiger partial charge on any atom is -0.310 e. The molecular weight excluding hydrogens is 291 g/mol. The van der Waals surface area contributed by atoms with Crippen molar-refractivity contribution in [3.05, 3.63) is 61.6 Å². The number of nitro groups is 1. The van der Waals surface area contributed by atoms with E-state index in [1.165, 1.54) is 21.9 Å². The number of nitrogens with one attached hydrogen (secondary N) is 1. The molecule has 6 heteroatoms. The van der Waals surface area contributed by atoms with E-state index >= 15 is 0 Å². The van der Waals surface area contributed by atoms with Crippen LogP contribution in [0.2, 0.25) is 0 Å². The molecule has 0 spiro atoms. The number of aryl methyl sites for hydroxylation is 1. The molecule has 0 aliphatic carbocycles. The van der Waals surface area contributed by atoms with E-state index in [2.05, 4.69) is 24.4 Å². The Morgan fingerprint density at radius 2 is 2.14 bits per heavy atom. The highest BCUT2D eigenvalue weighted by Crippen LogP contribution is 2.20. The molecule has 0 bridgehead atoms. The molecule has 1 heterocycles. The van der Waals surface area contributed by atoms with Gasteiger partial charge in [-0.2, -0.15) is 0 Å². The molecule has 1 aromatic heterocycles. The van der Waals surface area contributed by atoms with Crippen molar-refractivity contribution in [3.63, 3.8) is 0 Å². The zero-order valence-corrected chi connectivity index (χ0v) is 12.7. The van der Waals surface area contributed by atoms with Gasteiger partial charge in [-0.25, -0.2) is 4.39 Å². The van der Waals surface area contributed by atoms with Gasteiger partial charge >= 0.3 is 0 Å². The summed E-state index contributed by atoms with van der Waals surface area (Å²) in [4.78, 5) is 13.0. The zero-order valence-electron chi connectivity index (χ0n) is 11.9. The number of hydrogen-bond donors (Lipinski definition) is 1. The zero-order chi connectivity index (χ0) is 15.4. The van der Waals surface area contributed by atoms with Gasteiger partial charge in [0.25, 0.3) is 5.69 Å². The topological polar surface area (TPSA) is 55.2 Å². The molecule has 0 saturated carbocycles. The highest BCUT2D eigenvalue weighted by atomic mass is 32.1. The third-order valence-electron chi connectivity index (χ3n) is 3.18. The van der Waals surface area contributed by atoms with Crippen LogP contribution < -0.4 is 5.32 Å². The smallest absolute Gasteiger partial charge is 0.274 e. The molecule has 0 saturated heterocycles. The van der Waals surface area contributed by atoms with Crippen LogP contribution in [0.3, 0.4) is 0 Å². The van der Waals surface area contributed by atoms with Crippen molar-refractivity contribution in [2.45, 2.75) is 32.9 Å². The van der Waals surface area contributed by atoms with Crippen molar-refractivity contribution in [3.8, 4) is 0 Å². The summed E-state index contributed by atoms with van der Waals surface area (Å²) in [5.41, 5.74) is 0.317. The molecule has 1 aromatic carbocycles. The van der Waals surface area contributed by atoms with Crippen molar-refractivity contribution >= 4 is 17.0 Å². The molecule has 21 heavy (non-hydrogen) atoms. The molecule has 1 unspecified atom stereocenters. The Labute approximate surface area is 126 Å². The van der Waals surface area contributed by atoms with Gasteiger partial charge in [0.2, 0.25) is 0 Å². The fourth-order valence-electron chi connectivity index (χ4n) is 2.13. The van der Waals surface area contributed by atoms with E-state index in [1.807, 2.05) is 6.92 Å². The van der Waals surface area contributed by atoms with Gasteiger partial charge in [0, 0.05) is 34.0 Å². The maximum Gasteiger partial charge on any atom is 0.274 e. The van der Waals surface area contributed by atoms with Gasteiger partial charge in [-0.3, -0.25) is 10.1 Å². The summed E-state index contributed by atoms with van der Waals surface area (Å²) in [5.74, 6) is -0.459. The van der Waals surface area contributed by atoms with Crippen LogP contribution in [-0.4, -0.2) is 11.0 Å². The average Bonchev–Trinajstić information content (AvgIpc) is 2.81. The SMILES string of the molecule is Cc1ccc(CC(C)NCc2cc(F)ccc2[N+](=O)[O-])s1. The molecule has 112 valence electrons. The second kappa shape index (κ2) is 6.78. The highest BCUT2D eigenvalue weighted by molar-refractivity contribution is 7.11. The minimum absolute atomic E-state index is 0.0527. The molecule has 0 radical (unpaired) electrons. The van der Waals surface area contributed by atoms with Crippen molar-refractivity contribution < 1.29 is 9.31 Å². The predicted octanol–water partition coefficient (Wildman–Crippen LogP) is 3.82. The first-order valence-corrected chi connectivity index (χ1v) is 7.49. The summed E-state index contributed by atoms with van der Waals surface area (Å²) < 4.78 is 13.2. The lowest BCUT2D eigenvalue weighted by molar-refractivity contribution is -0.385. The van der Waals surface area contributed by atoms with Gasteiger partial charge in [0.05, 0.1) is 4.92 Å². The molecule has 4 nitrogen and oxygen atoms in total. The lowest BCUT2D eigenvalue weighted by Gasteiger charge is -2.13. The van der Waals surface area contributed by atoms with Gasteiger partial charge in [-0.15, -0.1) is 11.3 Å². The van der Waals surface area contributed by atoms with E-state index in [9.17, 15) is 14.5 Å². The number of nitro benzene ring substituents is 1. The van der Waals surface area contributed by atoms with Crippen LogP contribution in [0.5, 0.6) is 0 Å². The van der Waals surface area contributed by atoms with Crippen LogP contribution in [0.4, 0.5) is 10.1 Å². The first kappa shape index (κ1) is 15.6. The van der Waals surface area contributed by atoms with Crippen molar-refractivity contribution in [2.75, 3.05) is 0 Å². The van der Waals surface area contributed by atoms with Crippen LogP contribution >= 0.6 is 11.3 Å². The number of benzene rings is 1. The number of nitrogens with zero attached hydrogens (tertiary/aromatic N) is 1. The van der Waals surface area contributed by atoms with Gasteiger partial charge in [-0.1, -0.05) is 0 Å². The summed E-state index contributed by atoms with van der Waals surface area (Å²) in [6.45, 7) is 4.35. The van der Waals surface area contributed by atoms with E-state index in [1.54, 1.807) is 11.3 Å². The molecule has 2 rings (SSSR count). The van der Waals surface area contributed by atoms with Crippen LogP contribution in [0.1, 0.15) is 22.2 Å². The standard InChI is InChI=1S/C15H17FN2O2S/c1-10(7-14-5-3-11(2)21-14)17-9-12-8-13(16)4-6-15(12)18(19)20/h3-6,8,10,17H,7,9H2,1-2H3. The van der Waals surface area contributed by atoms with E-state index in [0.29, 0.717) is 5.56 Å². The second-order valence-corrected chi connectivity index (χ2v) is 6.40. The summed E-state index contributed by atoms with van der Waals surface area (Å²) in [6.07, 6.45) is 0.849. The van der Waals surface area contributed by atoms with Gasteiger partial charge < -0.3 is 5.32 Å². The number of hydrogen-bond acceptors (Lipinski definition) is 4. The lowest BCUT2D eigenvalue weighted by atomic mass is 10.1. The second-order valence-electron chi connectivity index (χ2n) is 5.03. The highest BCUT2D eigenvalue weighted by Gasteiger charge is 2.15. The van der Waals surface area contributed by atoms with E-state index < -0.39 is 10.7 Å². The first-order chi connectivity index (χ1) is 9.95. The average molecular weight is 308 g/mol. The Kier molecular flexibility index (Phi) is 5.03. The third kappa shape index (κ3) is 4.34. The summed E-state index contributed by atoms with van der Waals surface area (Å²) in [7, 11) is 0. The fraction of sp³-hybridized carbons (Fsp3) is 0.333. The summed E-state index contributed by atoms with van der Waals surface area (Å²) >= 11 is 1.74. The lowest BCUT2D eigenvalue weighted by Crippen LogP contribution is -2.27. The summed E-state index contributed by atoms with van der Waals surface area (Å²) in [6, 6.07) is 7.85. The maximum atomic E-state index is 13.2. The molecule has 0 fully saturated rings. The molecule has 1 atom stereocenters. The van der Waals surface area contributed by atoms with Crippen LogP contribution in [0, 0.1) is 22.9 Å². The van der Waals surface area contributed by atoms with Crippen LogP contribution in [0.15, 0.2) is 30.3 Å². The molecule has 0 aliphatic rings. The van der Waals surface area contributed by atoms with E-state index in [-0.39, 0.29) is 18.3 Å². The van der Waals surface area contributed by atoms with Gasteiger partial charge in [0.1, 0.15) is 5.82 Å². The minimum atomic E-state index is -0.482. The van der Waals surface area contributed by atoms with Gasteiger partial charge in [-0.05, 0) is 44.5 Å². The first-order valence-electron chi connectivity index (χ1n) is 6.67. The number of thiophene rings is 1. The molecule has 0 amide bonds. The van der Waals surface area contributed by atoms with E-state index in [4.69, 9.17) is 0 Å². The Morgan fingerprint density at radius 1 is 1.38 bits per heavy atom. The molecule has 1 N–H and O–H groups in total. The van der Waals surface area contributed by atoms with Crippen molar-refractivity contribution in [1.29, 1.82) is 0 Å². The Morgan fingerprint density at radius 3 is 2.76 bits per heavy atom. The largest absolute Gasteiger partial charge is 0.310 e. The quantitative estimate of drug-likeness (QED) is 0.652. The molecule has 2 aromatic rings. The number of rotatable bonds is 6. The van der Waals surface area contributed by atoms with Crippen LogP contribution in [0.25, 0.3) is 0 Å². The number of halogens is 1. The molecular formula is C15H17FN2O2S. The predicted molar refractivity (Wildman–Crippen MR) is 82.1 cm³/mol. The Bertz CT molecular complexity index is 642. The van der Waals surface area contributed by atoms with Gasteiger partial charge in [0.15, 0.2) is 0 Å². The monoisotopic (exact) mass is 308 g/mol. The van der Waals surface area contributed by atoms with Crippen molar-refractivity contribution in [1.82, 2.24) is 5.32 Å². The van der Waals surface area contributed by atoms with Crippen LogP contribution in [-0.2, 0) is 13.0 Å². The fourth-order valence-corrected chi connectivity index (χ4v) is 3.15. The Balaban J connectivity index is 1.99. The summed E-state index contributed by atoms with van der Waals surface area (Å²) in [5, 5.41) is 14.1. The maximum absolute atomic E-state index is 13.2. The molecule has 0 aliphatic heterocycles. The third-order valence-corrected chi connectivity index (χ3v) is 4.21. The normalized spacial score (nSPS) is 12.3. The van der Waals surface area contributed by atoms with Crippen molar-refractivity contribution in [2.24, 2.45) is 0 Å². The Hall–Kier alpha value is -1.79.